The van der Waals surface area contributed by atoms with Gasteiger partial charge in [0, 0.05) is 12.1 Å². The first-order valence-corrected chi connectivity index (χ1v) is 7.68. The first kappa shape index (κ1) is 15.0. The van der Waals surface area contributed by atoms with Crippen LogP contribution in [0.5, 0.6) is 17.2 Å². The van der Waals surface area contributed by atoms with E-state index in [0.29, 0.717) is 42.6 Å². The summed E-state index contributed by atoms with van der Waals surface area (Å²) in [6, 6.07) is 3.38. The Hall–Kier alpha value is -1.95. The van der Waals surface area contributed by atoms with E-state index in [9.17, 15) is 4.79 Å². The second-order valence-corrected chi connectivity index (χ2v) is 5.85. The number of hydrogen-bond donors (Lipinski definition) is 2. The minimum absolute atomic E-state index is 0.150. The van der Waals surface area contributed by atoms with Crippen LogP contribution in [0.1, 0.15) is 36.0 Å². The number of carbonyl (C=O) groups is 1. The molecule has 3 rings (SSSR count). The van der Waals surface area contributed by atoms with E-state index in [1.54, 1.807) is 19.2 Å². The second kappa shape index (κ2) is 6.04. The van der Waals surface area contributed by atoms with Crippen molar-refractivity contribution in [2.45, 2.75) is 31.2 Å². The van der Waals surface area contributed by atoms with Crippen LogP contribution in [-0.2, 0) is 0 Å². The molecule has 6 heteroatoms. The molecule has 0 radical (unpaired) electrons. The van der Waals surface area contributed by atoms with E-state index in [-0.39, 0.29) is 11.4 Å². The van der Waals surface area contributed by atoms with Crippen LogP contribution in [0.15, 0.2) is 12.1 Å². The van der Waals surface area contributed by atoms with Crippen LogP contribution in [0, 0.1) is 0 Å². The molecular weight excluding hydrogens is 284 g/mol. The highest BCUT2D eigenvalue weighted by atomic mass is 16.6. The summed E-state index contributed by atoms with van der Waals surface area (Å²) < 4.78 is 16.4. The molecular formula is C16H22N2O4. The van der Waals surface area contributed by atoms with E-state index in [0.717, 1.165) is 25.7 Å². The van der Waals surface area contributed by atoms with Crippen molar-refractivity contribution in [2.75, 3.05) is 26.9 Å². The zero-order chi connectivity index (χ0) is 15.6. The number of carbonyl (C=O) groups excluding carboxylic acids is 1. The van der Waals surface area contributed by atoms with Crippen LogP contribution in [-0.4, -0.2) is 38.3 Å². The summed E-state index contributed by atoms with van der Waals surface area (Å²) in [6.45, 7) is 1.40. The lowest BCUT2D eigenvalue weighted by Gasteiger charge is -2.29. The Morgan fingerprint density at radius 1 is 1.32 bits per heavy atom. The van der Waals surface area contributed by atoms with Gasteiger partial charge in [-0.3, -0.25) is 4.79 Å². The number of rotatable bonds is 4. The van der Waals surface area contributed by atoms with Crippen molar-refractivity contribution in [3.05, 3.63) is 17.7 Å². The van der Waals surface area contributed by atoms with Crippen LogP contribution in [0.2, 0.25) is 0 Å². The normalized spacial score (nSPS) is 18.8. The molecule has 1 aliphatic heterocycles. The van der Waals surface area contributed by atoms with Crippen LogP contribution in [0.4, 0.5) is 0 Å². The zero-order valence-electron chi connectivity index (χ0n) is 12.8. The molecule has 1 aromatic rings. The molecule has 0 atom stereocenters. The summed E-state index contributed by atoms with van der Waals surface area (Å²) >= 11 is 0. The summed E-state index contributed by atoms with van der Waals surface area (Å²) in [5.41, 5.74) is 6.10. The van der Waals surface area contributed by atoms with Gasteiger partial charge in [0.05, 0.1) is 12.6 Å². The molecule has 1 fully saturated rings. The molecule has 0 aromatic heterocycles. The third kappa shape index (κ3) is 2.70. The third-order valence-electron chi connectivity index (χ3n) is 4.42. The number of hydrogen-bond acceptors (Lipinski definition) is 5. The van der Waals surface area contributed by atoms with E-state index >= 15 is 0 Å². The fourth-order valence-electron chi connectivity index (χ4n) is 3.15. The Bertz CT molecular complexity index is 550. The first-order chi connectivity index (χ1) is 10.7. The fraction of sp³-hybridized carbons (Fsp3) is 0.562. The van der Waals surface area contributed by atoms with Crippen LogP contribution in [0.3, 0.4) is 0 Å². The largest absolute Gasteiger partial charge is 0.493 e. The van der Waals surface area contributed by atoms with Crippen LogP contribution < -0.4 is 25.3 Å². The number of fused-ring (bicyclic) bond motifs is 1. The van der Waals surface area contributed by atoms with E-state index < -0.39 is 0 Å². The summed E-state index contributed by atoms with van der Waals surface area (Å²) in [4.78, 5) is 12.6. The number of amides is 1. The average molecular weight is 306 g/mol. The van der Waals surface area contributed by atoms with Gasteiger partial charge in [-0.1, -0.05) is 12.8 Å². The maximum Gasteiger partial charge on any atom is 0.252 e. The van der Waals surface area contributed by atoms with Gasteiger partial charge < -0.3 is 25.3 Å². The van der Waals surface area contributed by atoms with Gasteiger partial charge in [0.1, 0.15) is 13.2 Å². The van der Waals surface area contributed by atoms with Crippen molar-refractivity contribution < 1.29 is 19.0 Å². The van der Waals surface area contributed by atoms with Crippen molar-refractivity contribution in [3.63, 3.8) is 0 Å². The summed E-state index contributed by atoms with van der Waals surface area (Å²) in [5, 5.41) is 3.10. The molecule has 120 valence electrons. The Morgan fingerprint density at radius 3 is 2.73 bits per heavy atom. The average Bonchev–Trinajstić information content (AvgIpc) is 3.02. The maximum absolute atomic E-state index is 12.6. The van der Waals surface area contributed by atoms with Gasteiger partial charge in [-0.15, -0.1) is 0 Å². The Balaban J connectivity index is 1.86. The highest BCUT2D eigenvalue weighted by molar-refractivity contribution is 5.96. The summed E-state index contributed by atoms with van der Waals surface area (Å²) in [7, 11) is 1.55. The Kier molecular flexibility index (Phi) is 4.11. The number of nitrogens with two attached hydrogens (primary N) is 1. The Labute approximate surface area is 129 Å². The third-order valence-corrected chi connectivity index (χ3v) is 4.42. The highest BCUT2D eigenvalue weighted by Gasteiger charge is 2.34. The molecule has 6 nitrogen and oxygen atoms in total. The minimum Gasteiger partial charge on any atom is -0.493 e. The maximum atomic E-state index is 12.6. The predicted molar refractivity (Wildman–Crippen MR) is 81.7 cm³/mol. The van der Waals surface area contributed by atoms with Crippen molar-refractivity contribution in [1.29, 1.82) is 0 Å². The molecule has 1 aromatic carbocycles. The van der Waals surface area contributed by atoms with E-state index in [2.05, 4.69) is 5.32 Å². The van der Waals surface area contributed by atoms with Crippen molar-refractivity contribution >= 4 is 5.91 Å². The summed E-state index contributed by atoms with van der Waals surface area (Å²) in [6.07, 6.45) is 4.05. The fourth-order valence-corrected chi connectivity index (χ4v) is 3.15. The lowest BCUT2D eigenvalue weighted by atomic mass is 9.97. The van der Waals surface area contributed by atoms with E-state index in [1.807, 2.05) is 0 Å². The van der Waals surface area contributed by atoms with Gasteiger partial charge in [-0.2, -0.15) is 0 Å². The number of methoxy groups -OCH3 is 1. The summed E-state index contributed by atoms with van der Waals surface area (Å²) in [5.74, 6) is 1.46. The molecule has 1 amide bonds. The molecule has 1 saturated carbocycles. The molecule has 0 saturated heterocycles. The predicted octanol–water partition coefficient (Wildman–Crippen LogP) is 1.47. The SMILES string of the molecule is COc1cc(C(=O)NC2(CN)CCCC2)cc2c1OCCO2. The molecule has 0 bridgehead atoms. The van der Waals surface area contributed by atoms with Gasteiger partial charge in [-0.25, -0.2) is 0 Å². The molecule has 0 unspecified atom stereocenters. The van der Waals surface area contributed by atoms with Crippen molar-refractivity contribution in [1.82, 2.24) is 5.32 Å². The van der Waals surface area contributed by atoms with Crippen LogP contribution in [0.25, 0.3) is 0 Å². The second-order valence-electron chi connectivity index (χ2n) is 5.85. The zero-order valence-corrected chi connectivity index (χ0v) is 12.8. The molecule has 1 aliphatic carbocycles. The molecule has 1 heterocycles. The number of ether oxygens (including phenoxy) is 3. The molecule has 2 aliphatic rings. The molecule has 3 N–H and O–H groups in total. The lowest BCUT2D eigenvalue weighted by molar-refractivity contribution is 0.0901. The van der Waals surface area contributed by atoms with Crippen LogP contribution >= 0.6 is 0 Å². The van der Waals surface area contributed by atoms with Gasteiger partial charge >= 0.3 is 0 Å². The highest BCUT2D eigenvalue weighted by Crippen LogP contribution is 2.40. The first-order valence-electron chi connectivity index (χ1n) is 7.68. The topological polar surface area (TPSA) is 82.8 Å². The van der Waals surface area contributed by atoms with E-state index in [4.69, 9.17) is 19.9 Å². The van der Waals surface area contributed by atoms with Gasteiger partial charge in [-0.05, 0) is 25.0 Å². The lowest BCUT2D eigenvalue weighted by Crippen LogP contribution is -2.51. The number of benzene rings is 1. The van der Waals surface area contributed by atoms with Gasteiger partial charge in [0.2, 0.25) is 5.75 Å². The quantitative estimate of drug-likeness (QED) is 0.880. The van der Waals surface area contributed by atoms with Gasteiger partial charge in [0.25, 0.3) is 5.91 Å². The molecule has 22 heavy (non-hydrogen) atoms. The van der Waals surface area contributed by atoms with Crippen molar-refractivity contribution in [2.24, 2.45) is 5.73 Å². The number of nitrogens with one attached hydrogen (secondary N) is 1. The standard InChI is InChI=1S/C16H22N2O4/c1-20-12-8-11(9-13-14(12)22-7-6-21-13)15(19)18-16(10-17)4-2-3-5-16/h8-9H,2-7,10,17H2,1H3,(H,18,19). The molecule has 0 spiro atoms. The van der Waals surface area contributed by atoms with Gasteiger partial charge in [0.15, 0.2) is 11.5 Å². The smallest absolute Gasteiger partial charge is 0.252 e. The minimum atomic E-state index is -0.280. The van der Waals surface area contributed by atoms with Crippen molar-refractivity contribution in [3.8, 4) is 17.2 Å². The monoisotopic (exact) mass is 306 g/mol. The Morgan fingerprint density at radius 2 is 2.05 bits per heavy atom. The van der Waals surface area contributed by atoms with E-state index in [1.165, 1.54) is 0 Å².